The minimum Gasteiger partial charge on any atom is -0.497 e. The van der Waals surface area contributed by atoms with E-state index in [0.717, 1.165) is 0 Å². The number of fused-ring (bicyclic) bond motifs is 1. The highest BCUT2D eigenvalue weighted by Crippen LogP contribution is 2.16. The Kier molecular flexibility index (Phi) is 2.83. The van der Waals surface area contributed by atoms with Gasteiger partial charge in [-0.3, -0.25) is 0 Å². The summed E-state index contributed by atoms with van der Waals surface area (Å²) in [6.45, 7) is 0. The first-order chi connectivity index (χ1) is 9.70. The number of aromatic nitrogens is 2. The fourth-order valence-electron chi connectivity index (χ4n) is 1.96. The van der Waals surface area contributed by atoms with Crippen molar-refractivity contribution in [3.05, 3.63) is 63.6 Å². The predicted molar refractivity (Wildman–Crippen MR) is 72.4 cm³/mol. The molecule has 0 atom stereocenters. The Morgan fingerprint density at radius 2 is 1.90 bits per heavy atom. The highest BCUT2D eigenvalue weighted by molar-refractivity contribution is 5.74. The summed E-state index contributed by atoms with van der Waals surface area (Å²) >= 11 is 0. The van der Waals surface area contributed by atoms with Gasteiger partial charge in [-0.25, -0.2) is 19.1 Å². The van der Waals surface area contributed by atoms with E-state index in [9.17, 15) is 9.59 Å². The highest BCUT2D eigenvalue weighted by atomic mass is 16.5. The molecule has 100 valence electrons. The van der Waals surface area contributed by atoms with Crippen LogP contribution in [0.3, 0.4) is 0 Å². The summed E-state index contributed by atoms with van der Waals surface area (Å²) in [5.41, 5.74) is 0.116. The maximum atomic E-state index is 11.9. The topological polar surface area (TPSA) is 74.3 Å². The monoisotopic (exact) mass is 270 g/mol. The van der Waals surface area contributed by atoms with Gasteiger partial charge in [-0.1, -0.05) is 0 Å². The van der Waals surface area contributed by atoms with E-state index in [4.69, 9.17) is 9.15 Å². The zero-order valence-corrected chi connectivity index (χ0v) is 10.6. The number of hydrogen-bond donors (Lipinski definition) is 0. The minimum atomic E-state index is -0.772. The average molecular weight is 270 g/mol. The van der Waals surface area contributed by atoms with Gasteiger partial charge in [0.2, 0.25) is 0 Å². The minimum absolute atomic E-state index is 0.253. The van der Waals surface area contributed by atoms with Crippen molar-refractivity contribution in [3.8, 4) is 11.4 Å². The molecule has 3 aromatic rings. The van der Waals surface area contributed by atoms with E-state index < -0.39 is 11.4 Å². The normalized spacial score (nSPS) is 10.7. The van der Waals surface area contributed by atoms with Crippen LogP contribution in [0.5, 0.6) is 5.75 Å². The van der Waals surface area contributed by atoms with Crippen molar-refractivity contribution >= 4 is 11.0 Å². The maximum absolute atomic E-state index is 11.9. The van der Waals surface area contributed by atoms with Crippen LogP contribution in [0.25, 0.3) is 16.7 Å². The van der Waals surface area contributed by atoms with Crippen molar-refractivity contribution in [1.82, 2.24) is 9.55 Å². The number of ether oxygens (including phenoxy) is 1. The first-order valence-corrected chi connectivity index (χ1v) is 5.86. The molecule has 6 nitrogen and oxygen atoms in total. The van der Waals surface area contributed by atoms with Crippen LogP contribution in [0.15, 0.2) is 56.6 Å². The second-order valence-electron chi connectivity index (χ2n) is 4.06. The molecule has 6 heteroatoms. The summed E-state index contributed by atoms with van der Waals surface area (Å²) in [7, 11) is 1.56. The zero-order chi connectivity index (χ0) is 14.1. The molecule has 2 heterocycles. The Labute approximate surface area is 112 Å². The van der Waals surface area contributed by atoms with Crippen molar-refractivity contribution in [2.45, 2.75) is 0 Å². The molecule has 0 unspecified atom stereocenters. The van der Waals surface area contributed by atoms with Gasteiger partial charge in [-0.05, 0) is 36.4 Å². The molecule has 0 aliphatic heterocycles. The maximum Gasteiger partial charge on any atom is 0.428 e. The van der Waals surface area contributed by atoms with Gasteiger partial charge in [0.05, 0.1) is 12.8 Å². The SMILES string of the molecule is COc1ccc(-n2c(=O)oc(=O)c3cccnc32)cc1. The smallest absolute Gasteiger partial charge is 0.428 e. The van der Waals surface area contributed by atoms with Crippen molar-refractivity contribution in [2.75, 3.05) is 7.11 Å². The van der Waals surface area contributed by atoms with Crippen LogP contribution in [0, 0.1) is 0 Å². The molecule has 0 aliphatic rings. The second-order valence-corrected chi connectivity index (χ2v) is 4.06. The molecule has 2 aromatic heterocycles. The first kappa shape index (κ1) is 12.2. The molecule has 0 aliphatic carbocycles. The van der Waals surface area contributed by atoms with Gasteiger partial charge >= 0.3 is 11.4 Å². The number of pyridine rings is 1. The lowest BCUT2D eigenvalue weighted by Crippen LogP contribution is -2.24. The molecular weight excluding hydrogens is 260 g/mol. The molecule has 0 bridgehead atoms. The zero-order valence-electron chi connectivity index (χ0n) is 10.6. The van der Waals surface area contributed by atoms with Crippen molar-refractivity contribution in [2.24, 2.45) is 0 Å². The summed E-state index contributed by atoms with van der Waals surface area (Å²) in [6.07, 6.45) is 1.52. The third-order valence-electron chi connectivity index (χ3n) is 2.91. The van der Waals surface area contributed by atoms with Gasteiger partial charge in [-0.15, -0.1) is 0 Å². The van der Waals surface area contributed by atoms with E-state index in [1.165, 1.54) is 10.8 Å². The van der Waals surface area contributed by atoms with Gasteiger partial charge in [0.15, 0.2) is 5.65 Å². The Morgan fingerprint density at radius 3 is 2.60 bits per heavy atom. The van der Waals surface area contributed by atoms with Gasteiger partial charge < -0.3 is 9.15 Å². The molecule has 20 heavy (non-hydrogen) atoms. The molecule has 0 amide bonds. The number of nitrogens with zero attached hydrogens (tertiary/aromatic N) is 2. The van der Waals surface area contributed by atoms with Crippen LogP contribution in [-0.2, 0) is 0 Å². The Bertz CT molecular complexity index is 878. The van der Waals surface area contributed by atoms with Crippen LogP contribution < -0.4 is 16.1 Å². The fourth-order valence-corrected chi connectivity index (χ4v) is 1.96. The van der Waals surface area contributed by atoms with Crippen molar-refractivity contribution in [1.29, 1.82) is 0 Å². The van der Waals surface area contributed by atoms with Crippen LogP contribution in [0.1, 0.15) is 0 Å². The van der Waals surface area contributed by atoms with Crippen LogP contribution in [0.2, 0.25) is 0 Å². The number of hydrogen-bond acceptors (Lipinski definition) is 5. The Hall–Kier alpha value is -2.89. The summed E-state index contributed by atoms with van der Waals surface area (Å²) in [5.74, 6) is -0.109. The van der Waals surface area contributed by atoms with Crippen LogP contribution >= 0.6 is 0 Å². The molecule has 0 spiro atoms. The van der Waals surface area contributed by atoms with Gasteiger partial charge in [0.1, 0.15) is 11.1 Å². The molecule has 1 aromatic carbocycles. The third kappa shape index (κ3) is 1.87. The highest BCUT2D eigenvalue weighted by Gasteiger charge is 2.11. The molecule has 3 rings (SSSR count). The van der Waals surface area contributed by atoms with Gasteiger partial charge in [0, 0.05) is 6.20 Å². The molecule has 0 N–H and O–H groups in total. The number of methoxy groups -OCH3 is 1. The van der Waals surface area contributed by atoms with E-state index in [0.29, 0.717) is 11.4 Å². The van der Waals surface area contributed by atoms with Crippen LogP contribution in [-0.4, -0.2) is 16.7 Å². The summed E-state index contributed by atoms with van der Waals surface area (Å²) in [6, 6.07) is 9.97. The van der Waals surface area contributed by atoms with Gasteiger partial charge in [-0.2, -0.15) is 0 Å². The lowest BCUT2D eigenvalue weighted by atomic mass is 10.3. The number of benzene rings is 1. The largest absolute Gasteiger partial charge is 0.497 e. The Balaban J connectivity index is 2.35. The van der Waals surface area contributed by atoms with E-state index in [1.54, 1.807) is 43.5 Å². The third-order valence-corrected chi connectivity index (χ3v) is 2.91. The molecule has 0 saturated carbocycles. The summed E-state index contributed by atoms with van der Waals surface area (Å²) in [5, 5.41) is 0.253. The lowest BCUT2D eigenvalue weighted by molar-refractivity contribution is 0.414. The quantitative estimate of drug-likeness (QED) is 0.702. The molecular formula is C14H10N2O4. The summed E-state index contributed by atoms with van der Waals surface area (Å²) in [4.78, 5) is 27.7. The predicted octanol–water partition coefficient (Wildman–Crippen LogP) is 1.35. The Morgan fingerprint density at radius 1 is 1.15 bits per heavy atom. The molecule has 0 radical (unpaired) electrons. The van der Waals surface area contributed by atoms with E-state index in [-0.39, 0.29) is 11.0 Å². The van der Waals surface area contributed by atoms with Crippen molar-refractivity contribution < 1.29 is 9.15 Å². The van der Waals surface area contributed by atoms with E-state index >= 15 is 0 Å². The lowest BCUT2D eigenvalue weighted by Gasteiger charge is -2.07. The summed E-state index contributed by atoms with van der Waals surface area (Å²) < 4.78 is 11.0. The van der Waals surface area contributed by atoms with E-state index in [2.05, 4.69) is 4.98 Å². The van der Waals surface area contributed by atoms with Crippen LogP contribution in [0.4, 0.5) is 0 Å². The van der Waals surface area contributed by atoms with Crippen molar-refractivity contribution in [3.63, 3.8) is 0 Å². The van der Waals surface area contributed by atoms with Gasteiger partial charge in [0.25, 0.3) is 0 Å². The second kappa shape index (κ2) is 4.65. The number of rotatable bonds is 2. The first-order valence-electron chi connectivity index (χ1n) is 5.86. The van der Waals surface area contributed by atoms with E-state index in [1.807, 2.05) is 0 Å². The fraction of sp³-hybridized carbons (Fsp3) is 0.0714. The standard InChI is InChI=1S/C14H10N2O4/c1-19-10-6-4-9(5-7-10)16-12-11(3-2-8-15-12)13(17)20-14(16)18/h2-8H,1H3. The molecule has 0 fully saturated rings. The average Bonchev–Trinajstić information content (AvgIpc) is 2.48. The molecule has 0 saturated heterocycles.